The van der Waals surface area contributed by atoms with Crippen molar-refractivity contribution in [1.82, 2.24) is 0 Å². The Labute approximate surface area is 127 Å². The van der Waals surface area contributed by atoms with Gasteiger partial charge >= 0.3 is 5.97 Å². The van der Waals surface area contributed by atoms with Gasteiger partial charge in [-0.05, 0) is 48.3 Å². The lowest BCUT2D eigenvalue weighted by Crippen LogP contribution is -2.09. The first-order valence-corrected chi connectivity index (χ1v) is 8.07. The Morgan fingerprint density at radius 1 is 1.29 bits per heavy atom. The third-order valence-corrected chi connectivity index (χ3v) is 4.51. The van der Waals surface area contributed by atoms with Gasteiger partial charge in [-0.25, -0.2) is 0 Å². The molecule has 3 nitrogen and oxygen atoms in total. The molecule has 21 heavy (non-hydrogen) atoms. The molecule has 0 radical (unpaired) electrons. The fourth-order valence-electron chi connectivity index (χ4n) is 3.41. The van der Waals surface area contributed by atoms with Crippen molar-refractivity contribution in [2.24, 2.45) is 0 Å². The van der Waals surface area contributed by atoms with Crippen LogP contribution in [0.2, 0.25) is 0 Å². The lowest BCUT2D eigenvalue weighted by atomic mass is 9.82. The van der Waals surface area contributed by atoms with E-state index in [1.54, 1.807) is 7.11 Å². The predicted octanol–water partition coefficient (Wildman–Crippen LogP) is 4.32. The van der Waals surface area contributed by atoms with Crippen molar-refractivity contribution in [2.75, 3.05) is 7.11 Å². The molecule has 1 saturated carbocycles. The summed E-state index contributed by atoms with van der Waals surface area (Å²) in [7, 11) is 1.75. The predicted molar refractivity (Wildman–Crippen MR) is 84.2 cm³/mol. The molecule has 1 N–H and O–H groups in total. The van der Waals surface area contributed by atoms with Gasteiger partial charge in [0, 0.05) is 6.42 Å². The fraction of sp³-hybridized carbons (Fsp3) is 0.611. The van der Waals surface area contributed by atoms with Crippen LogP contribution >= 0.6 is 0 Å². The van der Waals surface area contributed by atoms with E-state index in [2.05, 4.69) is 19.1 Å². The van der Waals surface area contributed by atoms with Crippen molar-refractivity contribution >= 4 is 5.97 Å². The summed E-state index contributed by atoms with van der Waals surface area (Å²) in [6.07, 6.45) is 8.07. The van der Waals surface area contributed by atoms with E-state index >= 15 is 0 Å². The maximum Gasteiger partial charge on any atom is 0.303 e. The molecule has 1 aromatic rings. The number of benzene rings is 1. The molecular weight excluding hydrogens is 264 g/mol. The molecule has 1 fully saturated rings. The molecule has 1 aliphatic rings. The highest BCUT2D eigenvalue weighted by atomic mass is 16.5. The summed E-state index contributed by atoms with van der Waals surface area (Å²) in [6.45, 7) is 2.13. The first-order valence-electron chi connectivity index (χ1n) is 8.07. The van der Waals surface area contributed by atoms with Crippen LogP contribution < -0.4 is 4.74 Å². The molecule has 0 saturated heterocycles. The van der Waals surface area contributed by atoms with E-state index in [9.17, 15) is 4.79 Å². The average molecular weight is 290 g/mol. The molecule has 0 unspecified atom stereocenters. The van der Waals surface area contributed by atoms with Crippen molar-refractivity contribution in [3.63, 3.8) is 0 Å². The maximum absolute atomic E-state index is 10.8. The number of carboxylic acids is 1. The molecule has 0 aromatic heterocycles. The van der Waals surface area contributed by atoms with Crippen molar-refractivity contribution < 1.29 is 14.6 Å². The molecule has 0 bridgehead atoms. The Bertz CT molecular complexity index is 487. The number of aliphatic carboxylic acids is 1. The monoisotopic (exact) mass is 290 g/mol. The van der Waals surface area contributed by atoms with Crippen LogP contribution in [0, 0.1) is 0 Å². The van der Waals surface area contributed by atoms with E-state index in [0.29, 0.717) is 12.3 Å². The Morgan fingerprint density at radius 2 is 2.00 bits per heavy atom. The molecule has 1 aromatic carbocycles. The normalized spacial score (nSPS) is 15.9. The molecule has 2 rings (SSSR count). The van der Waals surface area contributed by atoms with Gasteiger partial charge in [0.1, 0.15) is 5.75 Å². The Hall–Kier alpha value is -1.51. The van der Waals surface area contributed by atoms with E-state index in [1.165, 1.54) is 43.2 Å². The van der Waals surface area contributed by atoms with Gasteiger partial charge in [0.05, 0.1) is 7.11 Å². The summed E-state index contributed by atoms with van der Waals surface area (Å²) in [5.74, 6) is 0.871. The van der Waals surface area contributed by atoms with Crippen LogP contribution in [0.4, 0.5) is 0 Å². The number of aryl methyl sites for hydroxylation is 2. The number of carboxylic acid groups (broad SMARTS) is 1. The van der Waals surface area contributed by atoms with E-state index < -0.39 is 5.97 Å². The zero-order valence-electron chi connectivity index (χ0n) is 13.2. The van der Waals surface area contributed by atoms with Crippen molar-refractivity contribution in [1.29, 1.82) is 0 Å². The van der Waals surface area contributed by atoms with E-state index in [-0.39, 0.29) is 6.42 Å². The summed E-state index contributed by atoms with van der Waals surface area (Å²) < 4.78 is 5.68. The fourth-order valence-corrected chi connectivity index (χ4v) is 3.41. The van der Waals surface area contributed by atoms with Gasteiger partial charge in [-0.1, -0.05) is 38.3 Å². The number of rotatable bonds is 6. The molecule has 0 aliphatic heterocycles. The molecule has 0 amide bonds. The first-order chi connectivity index (χ1) is 10.2. The number of ether oxygens (including phenoxy) is 1. The summed E-state index contributed by atoms with van der Waals surface area (Å²) in [6, 6.07) is 4.31. The summed E-state index contributed by atoms with van der Waals surface area (Å²) in [5, 5.41) is 8.90. The quantitative estimate of drug-likeness (QED) is 0.848. The van der Waals surface area contributed by atoms with Crippen LogP contribution in [0.5, 0.6) is 5.75 Å². The zero-order chi connectivity index (χ0) is 15.2. The standard InChI is InChI=1S/C18H26O3/c1-3-14-11-13(9-10-17(19)20)12-16(18(14)21-2)15-7-5-4-6-8-15/h11-12,15H,3-10H2,1-2H3,(H,19,20). The number of hydrogen-bond donors (Lipinski definition) is 1. The van der Waals surface area contributed by atoms with Gasteiger partial charge < -0.3 is 9.84 Å². The molecule has 0 atom stereocenters. The highest BCUT2D eigenvalue weighted by Gasteiger charge is 2.21. The van der Waals surface area contributed by atoms with Crippen molar-refractivity contribution in [3.8, 4) is 5.75 Å². The lowest BCUT2D eigenvalue weighted by Gasteiger charge is -2.26. The lowest BCUT2D eigenvalue weighted by molar-refractivity contribution is -0.136. The second-order valence-corrected chi connectivity index (χ2v) is 5.96. The minimum absolute atomic E-state index is 0.194. The second kappa shape index (κ2) is 7.48. The van der Waals surface area contributed by atoms with Gasteiger partial charge in [-0.3, -0.25) is 4.79 Å². The topological polar surface area (TPSA) is 46.5 Å². The van der Waals surface area contributed by atoms with E-state index in [4.69, 9.17) is 9.84 Å². The summed E-state index contributed by atoms with van der Waals surface area (Å²) in [5.41, 5.74) is 3.65. The molecule has 1 aliphatic carbocycles. The number of hydrogen-bond acceptors (Lipinski definition) is 2. The minimum atomic E-state index is -0.733. The van der Waals surface area contributed by atoms with Crippen LogP contribution in [0.15, 0.2) is 12.1 Å². The molecule has 3 heteroatoms. The van der Waals surface area contributed by atoms with E-state index in [0.717, 1.165) is 17.7 Å². The number of methoxy groups -OCH3 is 1. The highest BCUT2D eigenvalue weighted by Crippen LogP contribution is 2.40. The first kappa shape index (κ1) is 15.9. The SMILES string of the molecule is CCc1cc(CCC(=O)O)cc(C2CCCCC2)c1OC. The Kier molecular flexibility index (Phi) is 5.66. The van der Waals surface area contributed by atoms with Gasteiger partial charge in [0.15, 0.2) is 0 Å². The summed E-state index contributed by atoms with van der Waals surface area (Å²) >= 11 is 0. The molecule has 0 spiro atoms. The zero-order valence-corrected chi connectivity index (χ0v) is 13.2. The Balaban J connectivity index is 2.33. The van der Waals surface area contributed by atoms with Gasteiger partial charge in [0.2, 0.25) is 0 Å². The second-order valence-electron chi connectivity index (χ2n) is 5.96. The molecular formula is C18H26O3. The third kappa shape index (κ3) is 3.99. The minimum Gasteiger partial charge on any atom is -0.496 e. The van der Waals surface area contributed by atoms with Crippen LogP contribution in [-0.2, 0) is 17.6 Å². The van der Waals surface area contributed by atoms with Crippen LogP contribution in [-0.4, -0.2) is 18.2 Å². The smallest absolute Gasteiger partial charge is 0.303 e. The van der Waals surface area contributed by atoms with Crippen LogP contribution in [0.25, 0.3) is 0 Å². The average Bonchev–Trinajstić information content (AvgIpc) is 2.52. The Morgan fingerprint density at radius 3 is 2.57 bits per heavy atom. The van der Waals surface area contributed by atoms with Crippen molar-refractivity contribution in [2.45, 2.75) is 64.2 Å². The van der Waals surface area contributed by atoms with Gasteiger partial charge in [-0.2, -0.15) is 0 Å². The molecule has 0 heterocycles. The summed E-state index contributed by atoms with van der Waals surface area (Å²) in [4.78, 5) is 10.8. The van der Waals surface area contributed by atoms with Gasteiger partial charge in [0.25, 0.3) is 0 Å². The van der Waals surface area contributed by atoms with Crippen LogP contribution in [0.3, 0.4) is 0 Å². The molecule has 116 valence electrons. The highest BCUT2D eigenvalue weighted by molar-refractivity contribution is 5.67. The van der Waals surface area contributed by atoms with E-state index in [1.807, 2.05) is 0 Å². The maximum atomic E-state index is 10.8. The third-order valence-electron chi connectivity index (χ3n) is 4.51. The van der Waals surface area contributed by atoms with Crippen LogP contribution in [0.1, 0.15) is 68.1 Å². The number of carbonyl (C=O) groups is 1. The largest absolute Gasteiger partial charge is 0.496 e. The van der Waals surface area contributed by atoms with Gasteiger partial charge in [-0.15, -0.1) is 0 Å². The van der Waals surface area contributed by atoms with Crippen molar-refractivity contribution in [3.05, 3.63) is 28.8 Å².